The predicted octanol–water partition coefficient (Wildman–Crippen LogP) is 4.94. The molecule has 3 aromatic rings. The number of hydrogen-bond acceptors (Lipinski definition) is 4. The summed E-state index contributed by atoms with van der Waals surface area (Å²) in [5.74, 6) is -0.308. The van der Waals surface area contributed by atoms with Crippen molar-refractivity contribution < 1.29 is 13.2 Å². The van der Waals surface area contributed by atoms with Crippen molar-refractivity contribution in [3.8, 4) is 0 Å². The molecular weight excluding hydrogens is 458 g/mol. The second kappa shape index (κ2) is 10.6. The van der Waals surface area contributed by atoms with Crippen LogP contribution in [0.4, 0.5) is 5.69 Å². The van der Waals surface area contributed by atoms with Gasteiger partial charge in [-0.05, 0) is 98.8 Å². The number of benzene rings is 3. The molecule has 4 rings (SSSR count). The molecular formula is C28H33N3O3S. The number of nitrogens with zero attached hydrogens (tertiary/aromatic N) is 1. The quantitative estimate of drug-likeness (QED) is 0.468. The maximum Gasteiger partial charge on any atom is 0.262 e. The van der Waals surface area contributed by atoms with Gasteiger partial charge in [0.15, 0.2) is 0 Å². The molecule has 0 aliphatic carbocycles. The highest BCUT2D eigenvalue weighted by atomic mass is 32.2. The number of aryl methyl sites for hydroxylation is 3. The van der Waals surface area contributed by atoms with Crippen LogP contribution in [0.25, 0.3) is 0 Å². The molecule has 0 radical (unpaired) electrons. The van der Waals surface area contributed by atoms with Gasteiger partial charge in [-0.15, -0.1) is 0 Å². The zero-order chi connectivity index (χ0) is 25.0. The summed E-state index contributed by atoms with van der Waals surface area (Å²) >= 11 is 0. The maximum absolute atomic E-state index is 13.1. The van der Waals surface area contributed by atoms with Crippen LogP contribution in [0.3, 0.4) is 0 Å². The van der Waals surface area contributed by atoms with Gasteiger partial charge in [0.25, 0.3) is 15.9 Å². The van der Waals surface area contributed by atoms with E-state index in [2.05, 4.69) is 27.1 Å². The van der Waals surface area contributed by atoms with E-state index in [-0.39, 0.29) is 10.8 Å². The third-order valence-electron chi connectivity index (χ3n) is 6.26. The molecule has 1 aliphatic rings. The fourth-order valence-corrected chi connectivity index (χ4v) is 5.91. The second-order valence-electron chi connectivity index (χ2n) is 9.45. The van der Waals surface area contributed by atoms with E-state index in [1.165, 1.54) is 24.5 Å². The zero-order valence-corrected chi connectivity index (χ0v) is 21.4. The minimum absolute atomic E-state index is 0.0944. The summed E-state index contributed by atoms with van der Waals surface area (Å²) < 4.78 is 28.9. The number of rotatable bonds is 8. The molecule has 35 heavy (non-hydrogen) atoms. The Morgan fingerprint density at radius 2 is 1.57 bits per heavy atom. The first-order valence-electron chi connectivity index (χ1n) is 12.0. The zero-order valence-electron chi connectivity index (χ0n) is 20.6. The van der Waals surface area contributed by atoms with E-state index in [0.29, 0.717) is 23.4 Å². The largest absolute Gasteiger partial charge is 0.348 e. The van der Waals surface area contributed by atoms with Crippen molar-refractivity contribution in [3.63, 3.8) is 0 Å². The van der Waals surface area contributed by atoms with Gasteiger partial charge in [-0.2, -0.15) is 0 Å². The molecule has 7 heteroatoms. The Hall–Kier alpha value is -3.16. The Morgan fingerprint density at radius 3 is 2.29 bits per heavy atom. The van der Waals surface area contributed by atoms with Gasteiger partial charge in [-0.25, -0.2) is 8.42 Å². The van der Waals surface area contributed by atoms with Crippen LogP contribution in [0.2, 0.25) is 0 Å². The average Bonchev–Trinajstić information content (AvgIpc) is 3.30. The Morgan fingerprint density at radius 1 is 0.886 bits per heavy atom. The smallest absolute Gasteiger partial charge is 0.262 e. The standard InChI is InChI=1S/C28H33N3O3S/c1-20-13-21(2)15-26(14-20)30-35(33,34)27-17-25(10-9-22(27)3)28(32)29-18-23-7-6-8-24(16-23)19-31-11-4-5-12-31/h6-10,13-17,30H,4-5,11-12,18-19H2,1-3H3,(H,29,32). The number of anilines is 1. The number of amides is 1. The summed E-state index contributed by atoms with van der Waals surface area (Å²) in [6.45, 7) is 9.14. The number of nitrogens with one attached hydrogen (secondary N) is 2. The number of carbonyl (C=O) groups excluding carboxylic acids is 1. The van der Waals surface area contributed by atoms with E-state index < -0.39 is 10.0 Å². The minimum Gasteiger partial charge on any atom is -0.348 e. The molecule has 1 amide bonds. The Bertz CT molecular complexity index is 1310. The van der Waals surface area contributed by atoms with Crippen molar-refractivity contribution in [1.82, 2.24) is 10.2 Å². The molecule has 3 aromatic carbocycles. The highest BCUT2D eigenvalue weighted by Gasteiger charge is 2.20. The second-order valence-corrected chi connectivity index (χ2v) is 11.1. The number of sulfonamides is 1. The van der Waals surface area contributed by atoms with E-state index >= 15 is 0 Å². The topological polar surface area (TPSA) is 78.5 Å². The van der Waals surface area contributed by atoms with Crippen LogP contribution in [0.1, 0.15) is 51.0 Å². The summed E-state index contributed by atoms with van der Waals surface area (Å²) in [4.78, 5) is 15.4. The molecule has 0 bridgehead atoms. The average molecular weight is 492 g/mol. The molecule has 1 saturated heterocycles. The van der Waals surface area contributed by atoms with Gasteiger partial charge in [0, 0.05) is 24.3 Å². The van der Waals surface area contributed by atoms with Crippen molar-refractivity contribution in [2.24, 2.45) is 0 Å². The van der Waals surface area contributed by atoms with Crippen LogP contribution in [0.5, 0.6) is 0 Å². The van der Waals surface area contributed by atoms with Gasteiger partial charge in [-0.3, -0.25) is 14.4 Å². The molecule has 1 fully saturated rings. The van der Waals surface area contributed by atoms with E-state index in [9.17, 15) is 13.2 Å². The van der Waals surface area contributed by atoms with Crippen LogP contribution in [-0.2, 0) is 23.1 Å². The molecule has 0 spiro atoms. The molecule has 1 aliphatic heterocycles. The molecule has 0 saturated carbocycles. The van der Waals surface area contributed by atoms with Crippen LogP contribution < -0.4 is 10.0 Å². The lowest BCUT2D eigenvalue weighted by Gasteiger charge is -2.15. The molecule has 0 unspecified atom stereocenters. The highest BCUT2D eigenvalue weighted by molar-refractivity contribution is 7.92. The third kappa shape index (κ3) is 6.50. The molecule has 6 nitrogen and oxygen atoms in total. The Kier molecular flexibility index (Phi) is 7.57. The van der Waals surface area contributed by atoms with E-state index in [0.717, 1.165) is 36.3 Å². The van der Waals surface area contributed by atoms with Crippen molar-refractivity contribution in [2.45, 2.75) is 51.6 Å². The Labute approximate surface area is 208 Å². The van der Waals surface area contributed by atoms with Crippen LogP contribution in [0.15, 0.2) is 65.6 Å². The van der Waals surface area contributed by atoms with Crippen molar-refractivity contribution in [1.29, 1.82) is 0 Å². The third-order valence-corrected chi connectivity index (χ3v) is 7.79. The summed E-state index contributed by atoms with van der Waals surface area (Å²) in [6, 6.07) is 18.6. The van der Waals surface area contributed by atoms with Crippen molar-refractivity contribution in [2.75, 3.05) is 17.8 Å². The van der Waals surface area contributed by atoms with E-state index in [1.54, 1.807) is 31.2 Å². The SMILES string of the molecule is Cc1cc(C)cc(NS(=O)(=O)c2cc(C(=O)NCc3cccc(CN4CCCC4)c3)ccc2C)c1. The summed E-state index contributed by atoms with van der Waals surface area (Å²) in [5.41, 5.74) is 5.59. The van der Waals surface area contributed by atoms with Gasteiger partial charge in [0.05, 0.1) is 4.90 Å². The molecule has 2 N–H and O–H groups in total. The van der Waals surface area contributed by atoms with Gasteiger partial charge >= 0.3 is 0 Å². The molecule has 0 aromatic heterocycles. The number of likely N-dealkylation sites (tertiary alicyclic amines) is 1. The van der Waals surface area contributed by atoms with Gasteiger partial charge in [0.1, 0.15) is 0 Å². The maximum atomic E-state index is 13.1. The predicted molar refractivity (Wildman–Crippen MR) is 140 cm³/mol. The monoisotopic (exact) mass is 491 g/mol. The van der Waals surface area contributed by atoms with Gasteiger partial charge in [-0.1, -0.05) is 36.4 Å². The van der Waals surface area contributed by atoms with Gasteiger partial charge < -0.3 is 5.32 Å². The lowest BCUT2D eigenvalue weighted by Crippen LogP contribution is -2.24. The first-order valence-corrected chi connectivity index (χ1v) is 13.5. The fourth-order valence-electron chi connectivity index (χ4n) is 4.60. The Balaban J connectivity index is 1.45. The molecule has 184 valence electrons. The number of hydrogen-bond donors (Lipinski definition) is 2. The summed E-state index contributed by atoms with van der Waals surface area (Å²) in [7, 11) is -3.85. The first kappa shape index (κ1) is 24.9. The van der Waals surface area contributed by atoms with Crippen LogP contribution in [-0.4, -0.2) is 32.3 Å². The van der Waals surface area contributed by atoms with Crippen LogP contribution >= 0.6 is 0 Å². The minimum atomic E-state index is -3.85. The summed E-state index contributed by atoms with van der Waals surface area (Å²) in [5, 5.41) is 2.93. The van der Waals surface area contributed by atoms with Gasteiger partial charge in [0.2, 0.25) is 0 Å². The molecule has 1 heterocycles. The van der Waals surface area contributed by atoms with Crippen molar-refractivity contribution in [3.05, 3.63) is 94.0 Å². The lowest BCUT2D eigenvalue weighted by atomic mass is 10.1. The fraction of sp³-hybridized carbons (Fsp3) is 0.321. The molecule has 0 atom stereocenters. The highest BCUT2D eigenvalue weighted by Crippen LogP contribution is 2.23. The van der Waals surface area contributed by atoms with Crippen molar-refractivity contribution >= 4 is 21.6 Å². The van der Waals surface area contributed by atoms with E-state index in [1.807, 2.05) is 32.0 Å². The summed E-state index contributed by atoms with van der Waals surface area (Å²) in [6.07, 6.45) is 2.51. The van der Waals surface area contributed by atoms with E-state index in [4.69, 9.17) is 0 Å². The first-order chi connectivity index (χ1) is 16.7. The normalized spacial score (nSPS) is 14.1. The van der Waals surface area contributed by atoms with Crippen LogP contribution in [0, 0.1) is 20.8 Å². The lowest BCUT2D eigenvalue weighted by molar-refractivity contribution is 0.0950. The number of carbonyl (C=O) groups is 1.